The second-order valence-corrected chi connectivity index (χ2v) is 7.01. The van der Waals surface area contributed by atoms with E-state index in [9.17, 15) is 4.79 Å². The van der Waals surface area contributed by atoms with Crippen LogP contribution in [-0.2, 0) is 11.3 Å². The maximum absolute atomic E-state index is 12.6. The molecule has 1 aromatic carbocycles. The molecule has 0 amide bonds. The molecule has 1 aliphatic rings. The van der Waals surface area contributed by atoms with Gasteiger partial charge in [-0.2, -0.15) is 0 Å². The first-order chi connectivity index (χ1) is 13.6. The molecular weight excluding hydrogens is 392 g/mol. The predicted octanol–water partition coefficient (Wildman–Crippen LogP) is 4.09. The van der Waals surface area contributed by atoms with E-state index in [4.69, 9.17) is 9.47 Å². The molecule has 8 heteroatoms. The lowest BCUT2D eigenvalue weighted by Crippen LogP contribution is -2.20. The molecule has 1 N–H and O–H groups in total. The van der Waals surface area contributed by atoms with E-state index in [1.54, 1.807) is 13.1 Å². The lowest BCUT2D eigenvalue weighted by Gasteiger charge is -2.12. The summed E-state index contributed by atoms with van der Waals surface area (Å²) in [7, 11) is 0. The summed E-state index contributed by atoms with van der Waals surface area (Å²) in [5, 5.41) is 3.35. The van der Waals surface area contributed by atoms with Crippen molar-refractivity contribution in [1.82, 2.24) is 19.9 Å². The Hall–Kier alpha value is -2.64. The molecule has 0 saturated carbocycles. The Morgan fingerprint density at radius 1 is 1.34 bits per heavy atom. The van der Waals surface area contributed by atoms with Gasteiger partial charge in [-0.25, -0.2) is 19.3 Å². The van der Waals surface area contributed by atoms with Gasteiger partial charge in [-0.15, -0.1) is 12.4 Å². The third kappa shape index (κ3) is 4.21. The molecule has 0 spiro atoms. The zero-order chi connectivity index (χ0) is 19.7. The summed E-state index contributed by atoms with van der Waals surface area (Å²) >= 11 is 0. The highest BCUT2D eigenvalue weighted by molar-refractivity contribution is 5.88. The van der Waals surface area contributed by atoms with Crippen LogP contribution in [-0.4, -0.2) is 39.9 Å². The average Bonchev–Trinajstić information content (AvgIpc) is 2.86. The maximum atomic E-state index is 12.6. The van der Waals surface area contributed by atoms with Gasteiger partial charge in [-0.3, -0.25) is 0 Å². The molecule has 0 radical (unpaired) electrons. The molecule has 2 aromatic heterocycles. The molecule has 3 heterocycles. The molecule has 7 nitrogen and oxygen atoms in total. The van der Waals surface area contributed by atoms with Crippen molar-refractivity contribution < 1.29 is 14.3 Å². The van der Waals surface area contributed by atoms with Crippen LogP contribution in [0.15, 0.2) is 30.5 Å². The fraction of sp³-hybridized carbons (Fsp3) is 0.381. The highest BCUT2D eigenvalue weighted by Gasteiger charge is 2.19. The number of carbonyl (C=O) groups excluding carboxylic acids is 1. The number of nitrogens with zero attached hydrogens (tertiary/aromatic N) is 3. The topological polar surface area (TPSA) is 78.3 Å². The van der Waals surface area contributed by atoms with E-state index in [-0.39, 0.29) is 18.5 Å². The van der Waals surface area contributed by atoms with E-state index in [0.717, 1.165) is 42.0 Å². The van der Waals surface area contributed by atoms with E-state index in [0.29, 0.717) is 23.6 Å². The maximum Gasteiger partial charge on any atom is 0.420 e. The predicted molar refractivity (Wildman–Crippen MR) is 114 cm³/mol. The molecule has 0 fully saturated rings. The number of pyridine rings is 1. The van der Waals surface area contributed by atoms with Gasteiger partial charge in [0.2, 0.25) is 0 Å². The molecule has 1 aliphatic heterocycles. The number of hydrogen-bond acceptors (Lipinski definition) is 6. The van der Waals surface area contributed by atoms with E-state index in [2.05, 4.69) is 21.4 Å². The van der Waals surface area contributed by atoms with Crippen LogP contribution in [0.4, 0.5) is 4.79 Å². The molecular formula is C21H25ClN4O3. The third-order valence-corrected chi connectivity index (χ3v) is 4.98. The number of fused-ring (bicyclic) bond motifs is 2. The number of hydrogen-bond donors (Lipinski definition) is 1. The zero-order valence-corrected chi connectivity index (χ0v) is 17.6. The van der Waals surface area contributed by atoms with Crippen molar-refractivity contribution in [2.24, 2.45) is 0 Å². The fourth-order valence-electron chi connectivity index (χ4n) is 3.26. The van der Waals surface area contributed by atoms with Crippen molar-refractivity contribution in [1.29, 1.82) is 0 Å². The van der Waals surface area contributed by atoms with Crippen LogP contribution in [0.5, 0.6) is 5.75 Å². The molecule has 4 rings (SSSR count). The van der Waals surface area contributed by atoms with Crippen LogP contribution >= 0.6 is 12.4 Å². The van der Waals surface area contributed by atoms with Crippen molar-refractivity contribution in [2.45, 2.75) is 39.8 Å². The highest BCUT2D eigenvalue weighted by atomic mass is 35.5. The van der Waals surface area contributed by atoms with Gasteiger partial charge in [0.1, 0.15) is 24.3 Å². The summed E-state index contributed by atoms with van der Waals surface area (Å²) in [4.78, 5) is 21.5. The smallest absolute Gasteiger partial charge is 0.420 e. The van der Waals surface area contributed by atoms with E-state index in [1.165, 1.54) is 4.57 Å². The Labute approximate surface area is 175 Å². The SMILES string of the molecule is CCC(C)OC(=O)n1c(C)nc2ncc(-c3ccc4c(c3)CNCCO4)cc21.Cl. The molecule has 1 atom stereocenters. The van der Waals surface area contributed by atoms with Crippen LogP contribution in [0.2, 0.25) is 0 Å². The van der Waals surface area contributed by atoms with Crippen LogP contribution in [0, 0.1) is 6.92 Å². The minimum absolute atomic E-state index is 0. The molecule has 3 aromatic rings. The number of ether oxygens (including phenoxy) is 2. The number of aryl methyl sites for hydroxylation is 1. The van der Waals surface area contributed by atoms with Crippen LogP contribution < -0.4 is 10.1 Å². The van der Waals surface area contributed by atoms with Crippen molar-refractivity contribution in [2.75, 3.05) is 13.2 Å². The van der Waals surface area contributed by atoms with Gasteiger partial charge in [-0.1, -0.05) is 13.0 Å². The molecule has 0 saturated heterocycles. The monoisotopic (exact) mass is 416 g/mol. The van der Waals surface area contributed by atoms with Gasteiger partial charge in [0.25, 0.3) is 0 Å². The Morgan fingerprint density at radius 3 is 2.97 bits per heavy atom. The number of imidazole rings is 1. The van der Waals surface area contributed by atoms with Gasteiger partial charge in [0.15, 0.2) is 5.65 Å². The van der Waals surface area contributed by atoms with Gasteiger partial charge in [-0.05, 0) is 44.0 Å². The van der Waals surface area contributed by atoms with Crippen LogP contribution in [0.25, 0.3) is 22.3 Å². The highest BCUT2D eigenvalue weighted by Crippen LogP contribution is 2.29. The van der Waals surface area contributed by atoms with Crippen molar-refractivity contribution in [3.63, 3.8) is 0 Å². The lowest BCUT2D eigenvalue weighted by molar-refractivity contribution is 0.106. The molecule has 0 bridgehead atoms. The first-order valence-corrected chi connectivity index (χ1v) is 9.59. The number of carbonyl (C=O) groups is 1. The molecule has 1 unspecified atom stereocenters. The average molecular weight is 417 g/mol. The Bertz CT molecular complexity index is 1030. The minimum Gasteiger partial charge on any atom is -0.492 e. The summed E-state index contributed by atoms with van der Waals surface area (Å²) in [6, 6.07) is 8.04. The summed E-state index contributed by atoms with van der Waals surface area (Å²) < 4.78 is 12.7. The number of aromatic nitrogens is 3. The molecule has 29 heavy (non-hydrogen) atoms. The van der Waals surface area contributed by atoms with Gasteiger partial charge >= 0.3 is 6.09 Å². The summed E-state index contributed by atoms with van der Waals surface area (Å²) in [6.45, 7) is 7.89. The Morgan fingerprint density at radius 2 is 2.17 bits per heavy atom. The summed E-state index contributed by atoms with van der Waals surface area (Å²) in [6.07, 6.45) is 1.96. The first-order valence-electron chi connectivity index (χ1n) is 9.59. The van der Waals surface area contributed by atoms with Gasteiger partial charge < -0.3 is 14.8 Å². The van der Waals surface area contributed by atoms with Gasteiger partial charge in [0.05, 0.1) is 5.52 Å². The van der Waals surface area contributed by atoms with Crippen LogP contribution in [0.3, 0.4) is 0 Å². The minimum atomic E-state index is -0.423. The summed E-state index contributed by atoms with van der Waals surface area (Å²) in [5.41, 5.74) is 4.21. The second-order valence-electron chi connectivity index (χ2n) is 7.01. The second kappa shape index (κ2) is 8.80. The molecule has 154 valence electrons. The molecule has 0 aliphatic carbocycles. The van der Waals surface area contributed by atoms with Crippen molar-refractivity contribution in [3.05, 3.63) is 41.9 Å². The fourth-order valence-corrected chi connectivity index (χ4v) is 3.26. The quantitative estimate of drug-likeness (QED) is 0.692. The third-order valence-electron chi connectivity index (χ3n) is 4.98. The number of halogens is 1. The van der Waals surface area contributed by atoms with Crippen molar-refractivity contribution >= 4 is 29.7 Å². The summed E-state index contributed by atoms with van der Waals surface area (Å²) in [5.74, 6) is 1.47. The van der Waals surface area contributed by atoms with Crippen molar-refractivity contribution in [3.8, 4) is 16.9 Å². The van der Waals surface area contributed by atoms with Crippen LogP contribution in [0.1, 0.15) is 31.7 Å². The Kier molecular flexibility index (Phi) is 6.39. The number of benzene rings is 1. The van der Waals surface area contributed by atoms with E-state index >= 15 is 0 Å². The van der Waals surface area contributed by atoms with E-state index in [1.807, 2.05) is 32.0 Å². The standard InChI is InChI=1S/C21H24N4O3.ClH/c1-4-13(2)28-21(26)25-14(3)24-20-18(25)10-16(12-23-20)15-5-6-19-17(9-15)11-22-7-8-27-19;/h5-6,9-10,12-13,22H,4,7-8,11H2,1-3H3;1H. The van der Waals surface area contributed by atoms with E-state index < -0.39 is 6.09 Å². The number of rotatable bonds is 3. The zero-order valence-electron chi connectivity index (χ0n) is 16.8. The largest absolute Gasteiger partial charge is 0.492 e. The normalized spacial score (nSPS) is 14.3. The Balaban J connectivity index is 0.00000240. The number of nitrogens with one attached hydrogen (secondary N) is 1. The first kappa shape index (κ1) is 21.1. The van der Waals surface area contributed by atoms with Gasteiger partial charge in [0, 0.05) is 30.4 Å². The lowest BCUT2D eigenvalue weighted by atomic mass is 10.0.